The van der Waals surface area contributed by atoms with Crippen molar-refractivity contribution in [2.24, 2.45) is 5.92 Å². The number of thiazole rings is 1. The number of nitrogens with zero attached hydrogens (tertiary/aromatic N) is 1. The van der Waals surface area contributed by atoms with Crippen LogP contribution >= 0.6 is 11.3 Å². The first-order valence-electron chi connectivity index (χ1n) is 5.81. The van der Waals surface area contributed by atoms with Crippen molar-refractivity contribution >= 4 is 21.5 Å². The molecule has 0 fully saturated rings. The first-order valence-corrected chi connectivity index (χ1v) is 6.63. The molecule has 0 aliphatic rings. The number of rotatable bonds is 4. The summed E-state index contributed by atoms with van der Waals surface area (Å²) in [5.41, 5.74) is 13.2. The molecule has 0 amide bonds. The quantitative estimate of drug-likeness (QED) is 0.889. The lowest BCUT2D eigenvalue weighted by Crippen LogP contribution is -2.04. The summed E-state index contributed by atoms with van der Waals surface area (Å²) < 4.78 is 5.62. The van der Waals surface area contributed by atoms with Crippen LogP contribution in [0.3, 0.4) is 0 Å². The monoisotopic (exact) mass is 263 g/mol. The summed E-state index contributed by atoms with van der Waals surface area (Å²) in [5, 5.41) is 1.13. The number of benzene rings is 1. The Bertz CT molecular complexity index is 520. The highest BCUT2D eigenvalue weighted by Gasteiger charge is 2.08. The van der Waals surface area contributed by atoms with Crippen molar-refractivity contribution in [2.45, 2.75) is 13.8 Å². The topological polar surface area (TPSA) is 74.2 Å². The van der Waals surface area contributed by atoms with Crippen LogP contribution < -0.4 is 16.2 Å². The van der Waals surface area contributed by atoms with Gasteiger partial charge in [-0.2, -0.15) is 0 Å². The molecule has 2 rings (SSSR count). The summed E-state index contributed by atoms with van der Waals surface area (Å²) in [4.78, 5) is 4.21. The zero-order chi connectivity index (χ0) is 13.1. The maximum Gasteiger partial charge on any atom is 0.182 e. The van der Waals surface area contributed by atoms with E-state index < -0.39 is 0 Å². The summed E-state index contributed by atoms with van der Waals surface area (Å²) >= 11 is 1.30. The van der Waals surface area contributed by atoms with E-state index in [1.165, 1.54) is 11.3 Å². The Morgan fingerprint density at radius 1 is 1.22 bits per heavy atom. The second-order valence-electron chi connectivity index (χ2n) is 4.49. The maximum atomic E-state index is 5.85. The van der Waals surface area contributed by atoms with Gasteiger partial charge < -0.3 is 16.2 Å². The number of hydrogen-bond donors (Lipinski definition) is 2. The van der Waals surface area contributed by atoms with Crippen LogP contribution in [0, 0.1) is 5.92 Å². The van der Waals surface area contributed by atoms with Crippen LogP contribution in [0.5, 0.6) is 5.75 Å². The van der Waals surface area contributed by atoms with Gasteiger partial charge in [0.15, 0.2) is 5.13 Å². The lowest BCUT2D eigenvalue weighted by atomic mass is 10.1. The molecule has 1 aromatic carbocycles. The molecule has 0 saturated heterocycles. The van der Waals surface area contributed by atoms with Crippen molar-refractivity contribution in [1.29, 1.82) is 0 Å². The highest BCUT2D eigenvalue weighted by molar-refractivity contribution is 7.19. The van der Waals surface area contributed by atoms with Gasteiger partial charge in [-0.3, -0.25) is 0 Å². The molecular formula is C13H17N3OS. The molecule has 1 aromatic heterocycles. The van der Waals surface area contributed by atoms with Crippen LogP contribution in [0.1, 0.15) is 13.8 Å². The fourth-order valence-corrected chi connectivity index (χ4v) is 2.15. The second-order valence-corrected chi connectivity index (χ2v) is 5.56. The summed E-state index contributed by atoms with van der Waals surface area (Å²) in [6.07, 6.45) is 0. The van der Waals surface area contributed by atoms with Gasteiger partial charge in [0.25, 0.3) is 0 Å². The smallest absolute Gasteiger partial charge is 0.182 e. The molecule has 0 aliphatic carbocycles. The largest absolute Gasteiger partial charge is 0.493 e. The number of nitrogens with two attached hydrogens (primary N) is 2. The van der Waals surface area contributed by atoms with Crippen LogP contribution in [-0.2, 0) is 0 Å². The molecule has 4 N–H and O–H groups in total. The van der Waals surface area contributed by atoms with Gasteiger partial charge in [0.1, 0.15) is 16.4 Å². The Morgan fingerprint density at radius 2 is 1.89 bits per heavy atom. The van der Waals surface area contributed by atoms with Gasteiger partial charge in [0.05, 0.1) is 6.61 Å². The molecule has 5 heteroatoms. The lowest BCUT2D eigenvalue weighted by Gasteiger charge is -2.08. The zero-order valence-corrected chi connectivity index (χ0v) is 11.3. The van der Waals surface area contributed by atoms with Gasteiger partial charge >= 0.3 is 0 Å². The van der Waals surface area contributed by atoms with E-state index in [0.29, 0.717) is 22.7 Å². The van der Waals surface area contributed by atoms with Crippen LogP contribution in [-0.4, -0.2) is 11.6 Å². The predicted molar refractivity (Wildman–Crippen MR) is 76.7 cm³/mol. The maximum absolute atomic E-state index is 5.85. The summed E-state index contributed by atoms with van der Waals surface area (Å²) in [6.45, 7) is 4.95. The van der Waals surface area contributed by atoms with Crippen molar-refractivity contribution in [3.63, 3.8) is 0 Å². The molecule has 18 heavy (non-hydrogen) atoms. The van der Waals surface area contributed by atoms with Crippen LogP contribution in [0.25, 0.3) is 11.3 Å². The molecule has 0 spiro atoms. The average Bonchev–Trinajstić information content (AvgIpc) is 2.66. The summed E-state index contributed by atoms with van der Waals surface area (Å²) in [6, 6.07) is 7.74. The summed E-state index contributed by atoms with van der Waals surface area (Å²) in [5.74, 6) is 1.37. The fraction of sp³-hybridized carbons (Fsp3) is 0.308. The van der Waals surface area contributed by atoms with Crippen molar-refractivity contribution in [3.05, 3.63) is 24.3 Å². The molecule has 4 nitrogen and oxygen atoms in total. The molecule has 96 valence electrons. The molecule has 1 heterocycles. The molecule has 0 atom stereocenters. The van der Waals surface area contributed by atoms with E-state index in [0.717, 1.165) is 17.0 Å². The Hall–Kier alpha value is -1.75. The highest BCUT2D eigenvalue weighted by Crippen LogP contribution is 2.32. The minimum atomic E-state index is 0.489. The van der Waals surface area contributed by atoms with Gasteiger partial charge in [-0.1, -0.05) is 25.2 Å². The Kier molecular flexibility index (Phi) is 3.72. The standard InChI is InChI=1S/C13H17N3OS/c1-8(2)7-17-10-5-3-9(4-6-10)11-12(14)18-13(15)16-11/h3-6,8H,7,14H2,1-2H3,(H2,15,16). The van der Waals surface area contributed by atoms with Crippen LogP contribution in [0.2, 0.25) is 0 Å². The number of hydrogen-bond acceptors (Lipinski definition) is 5. The van der Waals surface area contributed by atoms with E-state index in [4.69, 9.17) is 16.2 Å². The lowest BCUT2D eigenvalue weighted by molar-refractivity contribution is 0.271. The SMILES string of the molecule is CC(C)COc1ccc(-c2nc(N)sc2N)cc1. The van der Waals surface area contributed by atoms with Crippen LogP contribution in [0.15, 0.2) is 24.3 Å². The normalized spacial score (nSPS) is 10.8. The number of anilines is 2. The number of nitrogen functional groups attached to an aromatic ring is 2. The van der Waals surface area contributed by atoms with Crippen molar-refractivity contribution < 1.29 is 4.74 Å². The van der Waals surface area contributed by atoms with Crippen molar-refractivity contribution in [2.75, 3.05) is 18.1 Å². The fourth-order valence-electron chi connectivity index (χ4n) is 1.53. The van der Waals surface area contributed by atoms with E-state index in [1.807, 2.05) is 24.3 Å². The number of ether oxygens (including phenoxy) is 1. The minimum Gasteiger partial charge on any atom is -0.493 e. The Balaban J connectivity index is 2.15. The van der Waals surface area contributed by atoms with Gasteiger partial charge in [-0.05, 0) is 30.2 Å². The first-order chi connectivity index (χ1) is 8.56. The third kappa shape index (κ3) is 2.92. The van der Waals surface area contributed by atoms with Crippen LogP contribution in [0.4, 0.5) is 10.1 Å². The average molecular weight is 263 g/mol. The number of aromatic nitrogens is 1. The van der Waals surface area contributed by atoms with Gasteiger partial charge in [-0.25, -0.2) is 4.98 Å². The van der Waals surface area contributed by atoms with E-state index >= 15 is 0 Å². The van der Waals surface area contributed by atoms with E-state index in [9.17, 15) is 0 Å². The zero-order valence-electron chi connectivity index (χ0n) is 10.5. The van der Waals surface area contributed by atoms with Gasteiger partial charge in [-0.15, -0.1) is 0 Å². The second kappa shape index (κ2) is 5.27. The molecular weight excluding hydrogens is 246 g/mol. The van der Waals surface area contributed by atoms with E-state index in [1.54, 1.807) is 0 Å². The van der Waals surface area contributed by atoms with E-state index in [2.05, 4.69) is 18.8 Å². The highest BCUT2D eigenvalue weighted by atomic mass is 32.1. The first kappa shape index (κ1) is 12.7. The Labute approximate surface area is 111 Å². The van der Waals surface area contributed by atoms with Gasteiger partial charge in [0, 0.05) is 5.56 Å². The van der Waals surface area contributed by atoms with Gasteiger partial charge in [0.2, 0.25) is 0 Å². The summed E-state index contributed by atoms with van der Waals surface area (Å²) in [7, 11) is 0. The van der Waals surface area contributed by atoms with E-state index in [-0.39, 0.29) is 0 Å². The molecule has 0 aliphatic heterocycles. The third-order valence-corrected chi connectivity index (χ3v) is 3.09. The molecule has 0 unspecified atom stereocenters. The molecule has 0 saturated carbocycles. The molecule has 0 radical (unpaired) electrons. The Morgan fingerprint density at radius 3 is 2.39 bits per heavy atom. The van der Waals surface area contributed by atoms with Crippen molar-refractivity contribution in [1.82, 2.24) is 4.98 Å². The minimum absolute atomic E-state index is 0.489. The third-order valence-electron chi connectivity index (χ3n) is 2.38. The predicted octanol–water partition coefficient (Wildman–Crippen LogP) is 3.01. The van der Waals surface area contributed by atoms with Crippen molar-refractivity contribution in [3.8, 4) is 17.0 Å². The molecule has 0 bridgehead atoms. The molecule has 2 aromatic rings.